The summed E-state index contributed by atoms with van der Waals surface area (Å²) in [4.78, 5) is 26.1. The van der Waals surface area contributed by atoms with Crippen molar-refractivity contribution >= 4 is 17.6 Å². The first-order chi connectivity index (χ1) is 11.5. The molecule has 2 saturated heterocycles. The molecule has 0 saturated carbocycles. The van der Waals surface area contributed by atoms with E-state index in [1.165, 1.54) is 0 Å². The fraction of sp³-hybridized carbons (Fsp3) is 0.667. The summed E-state index contributed by atoms with van der Waals surface area (Å²) in [5.74, 6) is -0.976. The molecule has 1 unspecified atom stereocenters. The van der Waals surface area contributed by atoms with Gasteiger partial charge in [-0.3, -0.25) is 4.79 Å². The van der Waals surface area contributed by atoms with E-state index in [1.807, 2.05) is 6.92 Å². The topological polar surface area (TPSA) is 136 Å². The summed E-state index contributed by atoms with van der Waals surface area (Å²) in [5.41, 5.74) is 5.88. The van der Waals surface area contributed by atoms with Crippen LogP contribution in [0.1, 0.15) is 13.3 Å². The van der Waals surface area contributed by atoms with Gasteiger partial charge in [-0.2, -0.15) is 0 Å². The van der Waals surface area contributed by atoms with Crippen LogP contribution in [0.2, 0.25) is 0 Å². The monoisotopic (exact) mass is 336 g/mol. The number of nitrogens with one attached hydrogen (secondary N) is 1. The number of ketones is 1. The van der Waals surface area contributed by atoms with Crippen LogP contribution < -0.4 is 11.1 Å². The lowest BCUT2D eigenvalue weighted by atomic mass is 9.79. The molecule has 3 heterocycles. The second-order valence-electron chi connectivity index (χ2n) is 6.78. The lowest BCUT2D eigenvalue weighted by molar-refractivity contribution is -0.132. The zero-order valence-electron chi connectivity index (χ0n) is 13.5. The van der Waals surface area contributed by atoms with E-state index in [0.29, 0.717) is 18.0 Å². The molecular weight excluding hydrogens is 316 g/mol. The van der Waals surface area contributed by atoms with Gasteiger partial charge in [0.15, 0.2) is 5.72 Å². The molecule has 9 nitrogen and oxygen atoms in total. The largest absolute Gasteiger partial charge is 0.449 e. The highest BCUT2D eigenvalue weighted by molar-refractivity contribution is 6.47. The van der Waals surface area contributed by atoms with Crippen LogP contribution in [-0.4, -0.2) is 65.8 Å². The van der Waals surface area contributed by atoms with E-state index >= 15 is 0 Å². The Morgan fingerprint density at radius 3 is 2.96 bits per heavy atom. The second kappa shape index (κ2) is 4.93. The number of oxime groups is 1. The second-order valence-corrected chi connectivity index (χ2v) is 6.78. The first-order valence-electron chi connectivity index (χ1n) is 7.96. The number of ether oxygens (including phenoxy) is 2. The summed E-state index contributed by atoms with van der Waals surface area (Å²) in [7, 11) is 1.60. The molecule has 130 valence electrons. The summed E-state index contributed by atoms with van der Waals surface area (Å²) >= 11 is 0. The van der Waals surface area contributed by atoms with Crippen LogP contribution in [0.4, 0.5) is 4.79 Å². The molecule has 1 amide bonds. The molecule has 2 fully saturated rings. The van der Waals surface area contributed by atoms with E-state index in [9.17, 15) is 14.8 Å². The van der Waals surface area contributed by atoms with E-state index in [-0.39, 0.29) is 30.1 Å². The highest BCUT2D eigenvalue weighted by Gasteiger charge is 2.72. The molecule has 4 N–H and O–H groups in total. The number of nitrogens with zero attached hydrogens (tertiary/aromatic N) is 2. The van der Waals surface area contributed by atoms with Crippen molar-refractivity contribution in [1.29, 1.82) is 0 Å². The highest BCUT2D eigenvalue weighted by atomic mass is 16.6. The van der Waals surface area contributed by atoms with E-state index in [1.54, 1.807) is 7.11 Å². The van der Waals surface area contributed by atoms with Crippen molar-refractivity contribution < 1.29 is 24.3 Å². The molecule has 1 aliphatic carbocycles. The van der Waals surface area contributed by atoms with Crippen LogP contribution >= 0.6 is 0 Å². The summed E-state index contributed by atoms with van der Waals surface area (Å²) in [6.45, 7) is 2.53. The maximum absolute atomic E-state index is 12.9. The van der Waals surface area contributed by atoms with Gasteiger partial charge in [0.2, 0.25) is 5.78 Å². The highest BCUT2D eigenvalue weighted by Crippen LogP contribution is 2.56. The molecule has 4 rings (SSSR count). The molecule has 3 aliphatic heterocycles. The maximum Gasteiger partial charge on any atom is 0.404 e. The number of allylic oxidation sites excluding steroid dienone is 1. The fourth-order valence-electron chi connectivity index (χ4n) is 4.68. The number of rotatable bonds is 3. The Labute approximate surface area is 138 Å². The molecule has 0 aromatic rings. The normalized spacial score (nSPS) is 41.3. The Hall–Kier alpha value is -2.13. The van der Waals surface area contributed by atoms with Crippen molar-refractivity contribution in [3.63, 3.8) is 0 Å². The summed E-state index contributed by atoms with van der Waals surface area (Å²) in [6.07, 6.45) is -0.314. The molecule has 0 spiro atoms. The van der Waals surface area contributed by atoms with Gasteiger partial charge in [0, 0.05) is 36.9 Å². The molecule has 9 heteroatoms. The van der Waals surface area contributed by atoms with Crippen molar-refractivity contribution in [1.82, 2.24) is 10.2 Å². The van der Waals surface area contributed by atoms with E-state index < -0.39 is 17.7 Å². The Morgan fingerprint density at radius 1 is 1.58 bits per heavy atom. The zero-order chi connectivity index (χ0) is 17.2. The maximum atomic E-state index is 12.9. The summed E-state index contributed by atoms with van der Waals surface area (Å²) in [5, 5.41) is 15.8. The minimum Gasteiger partial charge on any atom is -0.449 e. The molecule has 0 bridgehead atoms. The van der Waals surface area contributed by atoms with Crippen LogP contribution in [0.15, 0.2) is 16.4 Å². The van der Waals surface area contributed by atoms with Crippen LogP contribution in [0.5, 0.6) is 0 Å². The SMILES string of the molecule is CO[C@@]12[C@H](COC(N)=O)C3=C(CC(C)/C(=N/O)C3=O)N1C[C@@H]1N[C@@H]12. The predicted octanol–water partition coefficient (Wildman–Crippen LogP) is -0.597. The number of carbonyl (C=O) groups is 2. The third-order valence-corrected chi connectivity index (χ3v) is 5.69. The molecule has 24 heavy (non-hydrogen) atoms. The third-order valence-electron chi connectivity index (χ3n) is 5.69. The quantitative estimate of drug-likeness (QED) is 0.356. The van der Waals surface area contributed by atoms with Gasteiger partial charge in [-0.15, -0.1) is 0 Å². The van der Waals surface area contributed by atoms with Crippen LogP contribution in [-0.2, 0) is 14.3 Å². The number of piperazine rings is 1. The van der Waals surface area contributed by atoms with Crippen molar-refractivity contribution in [3.05, 3.63) is 11.3 Å². The zero-order valence-corrected chi connectivity index (χ0v) is 13.5. The summed E-state index contributed by atoms with van der Waals surface area (Å²) < 4.78 is 10.9. The molecule has 4 aliphatic rings. The predicted molar refractivity (Wildman–Crippen MR) is 81.2 cm³/mol. The lowest BCUT2D eigenvalue weighted by Gasteiger charge is -2.40. The number of fused-ring (bicyclic) bond motifs is 4. The number of primary amides is 1. The smallest absolute Gasteiger partial charge is 0.404 e. The average molecular weight is 336 g/mol. The third kappa shape index (κ3) is 1.73. The Bertz CT molecular complexity index is 689. The number of hydrogen-bond donors (Lipinski definition) is 3. The first-order valence-corrected chi connectivity index (χ1v) is 7.96. The van der Waals surface area contributed by atoms with Crippen molar-refractivity contribution in [2.75, 3.05) is 20.3 Å². The van der Waals surface area contributed by atoms with Gasteiger partial charge in [0.1, 0.15) is 12.3 Å². The van der Waals surface area contributed by atoms with Crippen molar-refractivity contribution in [2.45, 2.75) is 31.2 Å². The number of methoxy groups -OCH3 is 1. The first kappa shape index (κ1) is 15.4. The van der Waals surface area contributed by atoms with Crippen molar-refractivity contribution in [2.24, 2.45) is 22.7 Å². The summed E-state index contributed by atoms with van der Waals surface area (Å²) in [6, 6.07) is 0.362. The molecule has 0 aromatic heterocycles. The molecule has 0 radical (unpaired) electrons. The minimum atomic E-state index is -0.896. The number of amides is 1. The molecule has 0 aromatic carbocycles. The Kier molecular flexibility index (Phi) is 3.17. The minimum absolute atomic E-state index is 0.0533. The van der Waals surface area contributed by atoms with Crippen LogP contribution in [0.25, 0.3) is 0 Å². The van der Waals surface area contributed by atoms with E-state index in [0.717, 1.165) is 12.2 Å². The van der Waals surface area contributed by atoms with Gasteiger partial charge in [0.25, 0.3) is 0 Å². The standard InChI is InChI=1S/C15H20N4O5/c1-6-3-9-10(12(20)11(6)18-22)7(5-24-14(16)21)15(23-2)13-8(17-13)4-19(9)15/h6-8,13,17,22H,3-5H2,1-2H3,(H2,16,21)/b18-11-/t6?,7-,8+,13+,15-/m1/s1. The Balaban J connectivity index is 1.80. The lowest BCUT2D eigenvalue weighted by Crippen LogP contribution is -2.54. The fourth-order valence-corrected chi connectivity index (χ4v) is 4.68. The Morgan fingerprint density at radius 2 is 2.33 bits per heavy atom. The van der Waals surface area contributed by atoms with Crippen molar-refractivity contribution in [3.8, 4) is 0 Å². The molecule has 5 atom stereocenters. The van der Waals surface area contributed by atoms with Gasteiger partial charge >= 0.3 is 6.09 Å². The van der Waals surface area contributed by atoms with E-state index in [2.05, 4.69) is 15.4 Å². The van der Waals surface area contributed by atoms with Crippen LogP contribution in [0.3, 0.4) is 0 Å². The molecular formula is C15H20N4O5. The number of Topliss-reactive ketones (excluding diaryl/α,β-unsaturated/α-hetero) is 1. The van der Waals surface area contributed by atoms with Gasteiger partial charge in [-0.05, 0) is 6.42 Å². The van der Waals surface area contributed by atoms with Crippen LogP contribution in [0, 0.1) is 11.8 Å². The number of hydrogen-bond acceptors (Lipinski definition) is 8. The van der Waals surface area contributed by atoms with E-state index in [4.69, 9.17) is 15.2 Å². The van der Waals surface area contributed by atoms with Gasteiger partial charge in [0.05, 0.1) is 12.0 Å². The van der Waals surface area contributed by atoms with Gasteiger partial charge in [-0.25, -0.2) is 4.79 Å². The number of carbonyl (C=O) groups excluding carboxylic acids is 2. The average Bonchev–Trinajstić information content (AvgIpc) is 3.15. The van der Waals surface area contributed by atoms with Gasteiger partial charge < -0.3 is 30.6 Å². The number of nitrogens with two attached hydrogens (primary N) is 1. The van der Waals surface area contributed by atoms with Gasteiger partial charge in [-0.1, -0.05) is 12.1 Å².